The quantitative estimate of drug-likeness (QED) is 0.133. The number of halogens is 1. The molecule has 0 saturated carbocycles. The van der Waals surface area contributed by atoms with Crippen LogP contribution in [0.25, 0.3) is 0 Å². The van der Waals surface area contributed by atoms with Gasteiger partial charge in [-0.15, -0.1) is 11.6 Å². The summed E-state index contributed by atoms with van der Waals surface area (Å²) in [6.45, 7) is 9.56. The van der Waals surface area contributed by atoms with Crippen LogP contribution >= 0.6 is 11.6 Å². The van der Waals surface area contributed by atoms with Crippen LogP contribution in [0, 0.1) is 0 Å². The van der Waals surface area contributed by atoms with Crippen molar-refractivity contribution in [2.45, 2.75) is 77.9 Å². The summed E-state index contributed by atoms with van der Waals surface area (Å²) in [5.74, 6) is 2.56. The molecule has 3 aromatic carbocycles. The summed E-state index contributed by atoms with van der Waals surface area (Å²) in [6, 6.07) is 17.7. The lowest BCUT2D eigenvalue weighted by Crippen LogP contribution is -2.38. The van der Waals surface area contributed by atoms with Gasteiger partial charge >= 0.3 is 6.03 Å². The van der Waals surface area contributed by atoms with Crippen molar-refractivity contribution in [3.05, 3.63) is 71.8 Å². The number of urea groups is 1. The van der Waals surface area contributed by atoms with Gasteiger partial charge in [-0.05, 0) is 105 Å². The number of unbranched alkanes of at least 4 members (excludes halogenated alkanes) is 1. The fourth-order valence-electron chi connectivity index (χ4n) is 5.56. The number of rotatable bonds is 16. The van der Waals surface area contributed by atoms with Gasteiger partial charge in [0.05, 0.1) is 7.11 Å². The van der Waals surface area contributed by atoms with Gasteiger partial charge in [-0.25, -0.2) is 4.79 Å². The Kier molecular flexibility index (Phi) is 14.1. The number of nitrogens with one attached hydrogen (secondary N) is 3. The molecule has 47 heavy (non-hydrogen) atoms. The molecule has 3 N–H and O–H groups in total. The zero-order chi connectivity index (χ0) is 33.6. The molecule has 0 atom stereocenters. The van der Waals surface area contributed by atoms with Crippen molar-refractivity contribution >= 4 is 34.9 Å². The number of carbonyl (C=O) groups is 2. The number of likely N-dealkylation sites (tertiary alicyclic amines) is 1. The number of carbonyl (C=O) groups excluding carboxylic acids is 2. The highest BCUT2D eigenvalue weighted by atomic mass is 35.5. The Bertz CT molecular complexity index is 1440. The number of amides is 3. The van der Waals surface area contributed by atoms with Crippen LogP contribution in [-0.4, -0.2) is 61.6 Å². The van der Waals surface area contributed by atoms with E-state index >= 15 is 0 Å². The van der Waals surface area contributed by atoms with Crippen LogP contribution in [0.5, 0.6) is 23.0 Å². The van der Waals surface area contributed by atoms with E-state index in [0.717, 1.165) is 56.6 Å². The molecule has 0 spiro atoms. The fraction of sp³-hybridized carbons (Fsp3) is 0.459. The number of methoxy groups -OCH3 is 1. The average molecular weight is 665 g/mol. The standard InChI is InChI=1S/C37H49ClN4O5/c1-5-8-21-42-22-18-32(19-23-42)46-33-15-9-27(24-26(33)17-20-38)36(43)39-29-10-13-31(14-11-29)47-34-16-12-30(25-35(34)45-4)41-37(44)40-28(6-2)7-3/h9-16,24-25,28,32H,5-8,17-23H2,1-4H3,(H,39,43)(H2,40,41,44). The van der Waals surface area contributed by atoms with Crippen molar-refractivity contribution in [2.75, 3.05) is 43.3 Å². The first kappa shape index (κ1) is 35.9. The Morgan fingerprint density at radius 1 is 0.894 bits per heavy atom. The second-order valence-corrected chi connectivity index (χ2v) is 12.2. The molecular formula is C37H49ClN4O5. The largest absolute Gasteiger partial charge is 0.493 e. The van der Waals surface area contributed by atoms with E-state index in [2.05, 4.69) is 27.8 Å². The lowest BCUT2D eigenvalue weighted by Gasteiger charge is -2.32. The molecule has 9 nitrogen and oxygen atoms in total. The number of piperidine rings is 1. The normalized spacial score (nSPS) is 13.7. The first-order valence-corrected chi connectivity index (χ1v) is 17.3. The molecule has 1 saturated heterocycles. The predicted octanol–water partition coefficient (Wildman–Crippen LogP) is 8.47. The van der Waals surface area contributed by atoms with Crippen LogP contribution in [0.4, 0.5) is 16.2 Å². The summed E-state index contributed by atoms with van der Waals surface area (Å²) < 4.78 is 18.0. The van der Waals surface area contributed by atoms with Gasteiger partial charge in [0.25, 0.3) is 5.91 Å². The molecule has 10 heteroatoms. The minimum atomic E-state index is -0.264. The van der Waals surface area contributed by atoms with Crippen LogP contribution in [0.2, 0.25) is 0 Å². The SMILES string of the molecule is CCCCN1CCC(Oc2ccc(C(=O)Nc3ccc(Oc4ccc(NC(=O)NC(CC)CC)cc4OC)cc3)cc2CCCl)CC1. The fourth-order valence-corrected chi connectivity index (χ4v) is 5.76. The van der Waals surface area contributed by atoms with E-state index in [1.807, 2.05) is 26.0 Å². The third-order valence-electron chi connectivity index (χ3n) is 8.42. The Morgan fingerprint density at radius 3 is 2.26 bits per heavy atom. The van der Waals surface area contributed by atoms with Gasteiger partial charge in [0, 0.05) is 48.0 Å². The maximum absolute atomic E-state index is 13.2. The zero-order valence-electron chi connectivity index (χ0n) is 28.1. The highest BCUT2D eigenvalue weighted by Crippen LogP contribution is 2.34. The Hall–Kier alpha value is -3.95. The molecule has 0 unspecified atom stereocenters. The summed E-state index contributed by atoms with van der Waals surface area (Å²) in [4.78, 5) is 28.0. The number of ether oxygens (including phenoxy) is 3. The van der Waals surface area contributed by atoms with Crippen molar-refractivity contribution < 1.29 is 23.8 Å². The summed E-state index contributed by atoms with van der Waals surface area (Å²) in [6.07, 6.45) is 6.95. The number of anilines is 2. The van der Waals surface area contributed by atoms with E-state index in [9.17, 15) is 9.59 Å². The van der Waals surface area contributed by atoms with Gasteiger partial charge in [0.15, 0.2) is 11.5 Å². The predicted molar refractivity (Wildman–Crippen MR) is 190 cm³/mol. The van der Waals surface area contributed by atoms with Crippen molar-refractivity contribution in [1.82, 2.24) is 10.2 Å². The van der Waals surface area contributed by atoms with Gasteiger partial charge in [0.2, 0.25) is 0 Å². The van der Waals surface area contributed by atoms with Crippen molar-refractivity contribution in [3.8, 4) is 23.0 Å². The van der Waals surface area contributed by atoms with Crippen molar-refractivity contribution in [2.24, 2.45) is 0 Å². The number of aryl methyl sites for hydroxylation is 1. The zero-order valence-corrected chi connectivity index (χ0v) is 28.8. The topological polar surface area (TPSA) is 101 Å². The second kappa shape index (κ2) is 18.4. The molecule has 3 aromatic rings. The maximum atomic E-state index is 13.2. The summed E-state index contributed by atoms with van der Waals surface area (Å²) >= 11 is 6.12. The number of hydrogen-bond donors (Lipinski definition) is 3. The van der Waals surface area contributed by atoms with Gasteiger partial charge in [0.1, 0.15) is 17.6 Å². The summed E-state index contributed by atoms with van der Waals surface area (Å²) in [5.41, 5.74) is 2.70. The molecule has 0 radical (unpaired) electrons. The number of benzene rings is 3. The molecule has 254 valence electrons. The van der Waals surface area contributed by atoms with Gasteiger partial charge in [-0.1, -0.05) is 27.2 Å². The van der Waals surface area contributed by atoms with Crippen LogP contribution in [0.15, 0.2) is 60.7 Å². The number of hydrogen-bond acceptors (Lipinski definition) is 6. The Labute approximate surface area is 284 Å². The monoisotopic (exact) mass is 664 g/mol. The third kappa shape index (κ3) is 10.8. The lowest BCUT2D eigenvalue weighted by atomic mass is 10.0. The van der Waals surface area contributed by atoms with Crippen LogP contribution < -0.4 is 30.2 Å². The van der Waals surface area contributed by atoms with E-state index < -0.39 is 0 Å². The Morgan fingerprint density at radius 2 is 1.60 bits per heavy atom. The smallest absolute Gasteiger partial charge is 0.319 e. The van der Waals surface area contributed by atoms with E-state index in [4.69, 9.17) is 25.8 Å². The first-order chi connectivity index (χ1) is 22.8. The van der Waals surface area contributed by atoms with E-state index in [0.29, 0.717) is 46.5 Å². The molecule has 1 aliphatic rings. The lowest BCUT2D eigenvalue weighted by molar-refractivity contribution is 0.0989. The number of nitrogens with zero attached hydrogens (tertiary/aromatic N) is 1. The number of alkyl halides is 1. The van der Waals surface area contributed by atoms with E-state index in [1.165, 1.54) is 12.8 Å². The first-order valence-electron chi connectivity index (χ1n) is 16.8. The highest BCUT2D eigenvalue weighted by Gasteiger charge is 2.22. The summed E-state index contributed by atoms with van der Waals surface area (Å²) in [5, 5.41) is 8.76. The minimum absolute atomic E-state index is 0.120. The molecule has 0 aliphatic carbocycles. The van der Waals surface area contributed by atoms with Crippen molar-refractivity contribution in [1.29, 1.82) is 0 Å². The maximum Gasteiger partial charge on any atom is 0.319 e. The van der Waals surface area contributed by atoms with Gasteiger partial charge in [-0.3, -0.25) is 4.79 Å². The molecule has 1 fully saturated rings. The van der Waals surface area contributed by atoms with E-state index in [-0.39, 0.29) is 24.1 Å². The molecule has 0 bridgehead atoms. The second-order valence-electron chi connectivity index (χ2n) is 11.8. The van der Waals surface area contributed by atoms with Gasteiger partial charge < -0.3 is 35.1 Å². The Balaban J connectivity index is 1.34. The molecule has 0 aromatic heterocycles. The van der Waals surface area contributed by atoms with Crippen LogP contribution in [0.3, 0.4) is 0 Å². The average Bonchev–Trinajstić information content (AvgIpc) is 3.09. The minimum Gasteiger partial charge on any atom is -0.493 e. The molecule has 3 amide bonds. The van der Waals surface area contributed by atoms with Crippen LogP contribution in [0.1, 0.15) is 75.2 Å². The molecular weight excluding hydrogens is 616 g/mol. The molecule has 1 heterocycles. The highest BCUT2D eigenvalue weighted by molar-refractivity contribution is 6.18. The van der Waals surface area contributed by atoms with Crippen molar-refractivity contribution in [3.63, 3.8) is 0 Å². The molecule has 4 rings (SSSR count). The molecule has 1 aliphatic heterocycles. The van der Waals surface area contributed by atoms with Gasteiger partial charge in [-0.2, -0.15) is 0 Å². The summed E-state index contributed by atoms with van der Waals surface area (Å²) in [7, 11) is 1.55. The van der Waals surface area contributed by atoms with E-state index in [1.54, 1.807) is 55.6 Å². The third-order valence-corrected chi connectivity index (χ3v) is 8.61. The van der Waals surface area contributed by atoms with Crippen LogP contribution in [-0.2, 0) is 6.42 Å².